The smallest absolute Gasteiger partial charge is 0.255 e. The Morgan fingerprint density at radius 1 is 1.21 bits per heavy atom. The maximum atomic E-state index is 12.8. The standard InChI is InChI=1S/C18H17N5O/c24-18(15-8-4-10-20-17(15)23-12-19-11-21-23)22-16-9-3-6-13-5-1-2-7-14(13)16/h1-2,4-5,7-8,10-12,16H,3,6,9H2,(H,22,24)/t16-/m0/s1. The van der Waals surface area contributed by atoms with Crippen LogP contribution in [0.15, 0.2) is 55.2 Å². The summed E-state index contributed by atoms with van der Waals surface area (Å²) >= 11 is 0. The first-order valence-corrected chi connectivity index (χ1v) is 8.01. The molecule has 24 heavy (non-hydrogen) atoms. The van der Waals surface area contributed by atoms with Crippen molar-refractivity contribution >= 4 is 5.91 Å². The second kappa shape index (κ2) is 6.23. The molecule has 1 aliphatic carbocycles. The number of fused-ring (bicyclic) bond motifs is 1. The van der Waals surface area contributed by atoms with Gasteiger partial charge in [-0.05, 0) is 42.5 Å². The van der Waals surface area contributed by atoms with Gasteiger partial charge in [0.2, 0.25) is 0 Å². The summed E-state index contributed by atoms with van der Waals surface area (Å²) in [4.78, 5) is 21.0. The Balaban J connectivity index is 1.63. The molecule has 0 fully saturated rings. The number of hydrogen-bond acceptors (Lipinski definition) is 4. The summed E-state index contributed by atoms with van der Waals surface area (Å²) in [5.74, 6) is 0.340. The Kier molecular flexibility index (Phi) is 3.78. The molecule has 3 aromatic rings. The van der Waals surface area contributed by atoms with Crippen molar-refractivity contribution in [1.82, 2.24) is 25.1 Å². The first-order valence-electron chi connectivity index (χ1n) is 8.01. The van der Waals surface area contributed by atoms with Crippen molar-refractivity contribution in [1.29, 1.82) is 0 Å². The molecule has 1 aromatic carbocycles. The van der Waals surface area contributed by atoms with Gasteiger partial charge in [0, 0.05) is 6.20 Å². The molecule has 1 aliphatic rings. The zero-order valence-corrected chi connectivity index (χ0v) is 13.1. The summed E-state index contributed by atoms with van der Waals surface area (Å²) in [7, 11) is 0. The number of aryl methyl sites for hydroxylation is 1. The van der Waals surface area contributed by atoms with Crippen molar-refractivity contribution < 1.29 is 4.79 Å². The van der Waals surface area contributed by atoms with Crippen LogP contribution in [0.25, 0.3) is 5.82 Å². The Bertz CT molecular complexity index is 859. The van der Waals surface area contributed by atoms with E-state index >= 15 is 0 Å². The predicted molar refractivity (Wildman–Crippen MR) is 88.7 cm³/mol. The van der Waals surface area contributed by atoms with Crippen LogP contribution in [0.2, 0.25) is 0 Å². The third-order valence-electron chi connectivity index (χ3n) is 4.34. The van der Waals surface area contributed by atoms with Crippen LogP contribution in [0.5, 0.6) is 0 Å². The van der Waals surface area contributed by atoms with E-state index in [4.69, 9.17) is 0 Å². The summed E-state index contributed by atoms with van der Waals surface area (Å²) in [6.45, 7) is 0. The van der Waals surface area contributed by atoms with E-state index in [1.807, 2.05) is 12.1 Å². The average molecular weight is 319 g/mol. The number of amides is 1. The van der Waals surface area contributed by atoms with Crippen LogP contribution in [-0.2, 0) is 6.42 Å². The Labute approximate surface area is 139 Å². The van der Waals surface area contributed by atoms with E-state index in [0.29, 0.717) is 11.4 Å². The second-order valence-electron chi connectivity index (χ2n) is 5.83. The minimum absolute atomic E-state index is 0.0336. The van der Waals surface area contributed by atoms with Crippen LogP contribution in [0, 0.1) is 0 Å². The highest BCUT2D eigenvalue weighted by atomic mass is 16.1. The molecule has 0 radical (unpaired) electrons. The van der Waals surface area contributed by atoms with E-state index in [-0.39, 0.29) is 11.9 Å². The normalized spacial score (nSPS) is 16.4. The van der Waals surface area contributed by atoms with E-state index < -0.39 is 0 Å². The van der Waals surface area contributed by atoms with E-state index in [2.05, 4.69) is 32.5 Å². The van der Waals surface area contributed by atoms with Gasteiger partial charge < -0.3 is 5.32 Å². The quantitative estimate of drug-likeness (QED) is 0.805. The van der Waals surface area contributed by atoms with Gasteiger partial charge in [-0.3, -0.25) is 4.79 Å². The average Bonchev–Trinajstić information content (AvgIpc) is 3.16. The van der Waals surface area contributed by atoms with Gasteiger partial charge in [-0.1, -0.05) is 24.3 Å². The van der Waals surface area contributed by atoms with E-state index in [0.717, 1.165) is 19.3 Å². The monoisotopic (exact) mass is 319 g/mol. The molecule has 4 rings (SSSR count). The molecule has 0 saturated carbocycles. The van der Waals surface area contributed by atoms with Crippen molar-refractivity contribution in [3.05, 3.63) is 71.9 Å². The third-order valence-corrected chi connectivity index (χ3v) is 4.34. The van der Waals surface area contributed by atoms with Crippen LogP contribution in [0.4, 0.5) is 0 Å². The first kappa shape index (κ1) is 14.6. The molecular formula is C18H17N5O. The van der Waals surface area contributed by atoms with Gasteiger partial charge in [-0.25, -0.2) is 14.6 Å². The molecule has 0 aliphatic heterocycles. The zero-order chi connectivity index (χ0) is 16.4. The molecular weight excluding hydrogens is 302 g/mol. The number of nitrogens with zero attached hydrogens (tertiary/aromatic N) is 4. The summed E-state index contributed by atoms with van der Waals surface area (Å²) < 4.78 is 1.50. The molecule has 6 heteroatoms. The maximum Gasteiger partial charge on any atom is 0.255 e. The van der Waals surface area contributed by atoms with Crippen molar-refractivity contribution in [2.24, 2.45) is 0 Å². The number of aromatic nitrogens is 4. The largest absolute Gasteiger partial charge is 0.345 e. The SMILES string of the molecule is O=C(N[C@H]1CCCc2ccccc21)c1cccnc1-n1cncn1. The Morgan fingerprint density at radius 2 is 2.12 bits per heavy atom. The molecule has 1 atom stereocenters. The number of hydrogen-bond donors (Lipinski definition) is 1. The van der Waals surface area contributed by atoms with Crippen molar-refractivity contribution in [3.63, 3.8) is 0 Å². The fraction of sp³-hybridized carbons (Fsp3) is 0.222. The molecule has 0 saturated heterocycles. The molecule has 120 valence electrons. The lowest BCUT2D eigenvalue weighted by Crippen LogP contribution is -2.31. The number of carbonyl (C=O) groups is 1. The fourth-order valence-electron chi connectivity index (χ4n) is 3.21. The predicted octanol–water partition coefficient (Wildman–Crippen LogP) is 2.47. The lowest BCUT2D eigenvalue weighted by atomic mass is 9.87. The lowest BCUT2D eigenvalue weighted by molar-refractivity contribution is 0.0932. The maximum absolute atomic E-state index is 12.8. The second-order valence-corrected chi connectivity index (χ2v) is 5.83. The molecule has 1 amide bonds. The van der Waals surface area contributed by atoms with Gasteiger partial charge in [0.05, 0.1) is 11.6 Å². The number of benzene rings is 1. The Morgan fingerprint density at radius 3 is 3.00 bits per heavy atom. The van der Waals surface area contributed by atoms with Crippen LogP contribution in [0.1, 0.15) is 40.4 Å². The van der Waals surface area contributed by atoms with Crippen molar-refractivity contribution in [2.45, 2.75) is 25.3 Å². The van der Waals surface area contributed by atoms with Gasteiger partial charge in [0.25, 0.3) is 5.91 Å². The number of pyridine rings is 1. The summed E-state index contributed by atoms with van der Waals surface area (Å²) in [6.07, 6.45) is 7.69. The molecule has 2 heterocycles. The van der Waals surface area contributed by atoms with Gasteiger partial charge in [-0.15, -0.1) is 0 Å². The van der Waals surface area contributed by atoms with Gasteiger partial charge in [-0.2, -0.15) is 5.10 Å². The van der Waals surface area contributed by atoms with Crippen molar-refractivity contribution in [3.8, 4) is 5.82 Å². The highest BCUT2D eigenvalue weighted by molar-refractivity contribution is 5.97. The van der Waals surface area contributed by atoms with E-state index in [1.54, 1.807) is 18.3 Å². The van der Waals surface area contributed by atoms with Crippen molar-refractivity contribution in [2.75, 3.05) is 0 Å². The molecule has 1 N–H and O–H groups in total. The topological polar surface area (TPSA) is 72.7 Å². The number of nitrogens with one attached hydrogen (secondary N) is 1. The highest BCUT2D eigenvalue weighted by Gasteiger charge is 2.23. The van der Waals surface area contributed by atoms with E-state index in [9.17, 15) is 4.79 Å². The van der Waals surface area contributed by atoms with E-state index in [1.165, 1.54) is 28.5 Å². The van der Waals surface area contributed by atoms with Gasteiger partial charge in [0.1, 0.15) is 12.7 Å². The highest BCUT2D eigenvalue weighted by Crippen LogP contribution is 2.29. The van der Waals surface area contributed by atoms with Gasteiger partial charge in [0.15, 0.2) is 5.82 Å². The molecule has 2 aromatic heterocycles. The molecule has 0 bridgehead atoms. The third kappa shape index (κ3) is 2.67. The first-order chi connectivity index (χ1) is 11.8. The number of rotatable bonds is 3. The fourth-order valence-corrected chi connectivity index (χ4v) is 3.21. The molecule has 0 unspecified atom stereocenters. The van der Waals surface area contributed by atoms with Crippen LogP contribution < -0.4 is 5.32 Å². The van der Waals surface area contributed by atoms with Gasteiger partial charge >= 0.3 is 0 Å². The zero-order valence-electron chi connectivity index (χ0n) is 13.1. The molecule has 6 nitrogen and oxygen atoms in total. The summed E-state index contributed by atoms with van der Waals surface area (Å²) in [5.41, 5.74) is 3.02. The Hall–Kier alpha value is -3.02. The lowest BCUT2D eigenvalue weighted by Gasteiger charge is -2.26. The summed E-state index contributed by atoms with van der Waals surface area (Å²) in [6, 6.07) is 11.9. The van der Waals surface area contributed by atoms with Crippen LogP contribution in [-0.4, -0.2) is 25.7 Å². The minimum Gasteiger partial charge on any atom is -0.345 e. The number of carbonyl (C=O) groups excluding carboxylic acids is 1. The van der Waals surface area contributed by atoms with Crippen LogP contribution >= 0.6 is 0 Å². The minimum atomic E-state index is -0.143. The summed E-state index contributed by atoms with van der Waals surface area (Å²) in [5, 5.41) is 7.23. The molecule has 0 spiro atoms. The van der Waals surface area contributed by atoms with Crippen LogP contribution in [0.3, 0.4) is 0 Å².